The van der Waals surface area contributed by atoms with Gasteiger partial charge in [0.05, 0.1) is 6.61 Å². The van der Waals surface area contributed by atoms with Gasteiger partial charge in [0.15, 0.2) is 5.82 Å². The van der Waals surface area contributed by atoms with Crippen LogP contribution in [0.25, 0.3) is 0 Å². The van der Waals surface area contributed by atoms with Crippen molar-refractivity contribution in [3.8, 4) is 0 Å². The van der Waals surface area contributed by atoms with Gasteiger partial charge in [-0.2, -0.15) is 4.98 Å². The molecule has 4 rings (SSSR count). The van der Waals surface area contributed by atoms with Crippen LogP contribution in [-0.2, 0) is 17.7 Å². The first-order valence-corrected chi connectivity index (χ1v) is 10.2. The molecule has 1 unspecified atom stereocenters. The number of hydrogen-bond acceptors (Lipinski definition) is 7. The molecule has 27 heavy (non-hydrogen) atoms. The number of ether oxygens (including phenoxy) is 1. The van der Waals surface area contributed by atoms with E-state index in [1.807, 2.05) is 6.92 Å². The van der Waals surface area contributed by atoms with E-state index in [-0.39, 0.29) is 0 Å². The van der Waals surface area contributed by atoms with E-state index in [9.17, 15) is 0 Å². The van der Waals surface area contributed by atoms with Crippen molar-refractivity contribution in [1.82, 2.24) is 24.9 Å². The summed E-state index contributed by atoms with van der Waals surface area (Å²) in [7, 11) is 2.12. The molecule has 1 aliphatic heterocycles. The van der Waals surface area contributed by atoms with Gasteiger partial charge in [0.25, 0.3) is 0 Å². The summed E-state index contributed by atoms with van der Waals surface area (Å²) in [5.41, 5.74) is 0. The Morgan fingerprint density at radius 2 is 2.04 bits per heavy atom. The SMILES string of the molecule is Cc1noc(CCCn2c(C3CCCC3)nnc2N(C)CC2CCOC2)n1. The van der Waals surface area contributed by atoms with Crippen LogP contribution < -0.4 is 4.90 Å². The smallest absolute Gasteiger partial charge is 0.226 e. The molecule has 0 amide bonds. The molecule has 1 aliphatic carbocycles. The van der Waals surface area contributed by atoms with Gasteiger partial charge in [0.1, 0.15) is 5.82 Å². The predicted octanol–water partition coefficient (Wildman–Crippen LogP) is 2.73. The third-order valence-corrected chi connectivity index (χ3v) is 5.72. The molecular weight excluding hydrogens is 344 g/mol. The van der Waals surface area contributed by atoms with Crippen molar-refractivity contribution < 1.29 is 9.26 Å². The summed E-state index contributed by atoms with van der Waals surface area (Å²) >= 11 is 0. The summed E-state index contributed by atoms with van der Waals surface area (Å²) in [6.45, 7) is 5.42. The van der Waals surface area contributed by atoms with Crippen LogP contribution >= 0.6 is 0 Å². The maximum atomic E-state index is 5.53. The Morgan fingerprint density at radius 3 is 2.74 bits per heavy atom. The van der Waals surface area contributed by atoms with E-state index < -0.39 is 0 Å². The molecule has 1 saturated carbocycles. The van der Waals surface area contributed by atoms with Gasteiger partial charge in [0.2, 0.25) is 11.8 Å². The van der Waals surface area contributed by atoms with Crippen molar-refractivity contribution >= 4 is 5.95 Å². The maximum absolute atomic E-state index is 5.53. The zero-order valence-corrected chi connectivity index (χ0v) is 16.4. The van der Waals surface area contributed by atoms with Crippen LogP contribution in [0.1, 0.15) is 62.0 Å². The number of hydrogen-bond donors (Lipinski definition) is 0. The fourth-order valence-electron chi connectivity index (χ4n) is 4.32. The fraction of sp³-hybridized carbons (Fsp3) is 0.789. The van der Waals surface area contributed by atoms with Gasteiger partial charge >= 0.3 is 0 Å². The summed E-state index contributed by atoms with van der Waals surface area (Å²) in [6, 6.07) is 0. The average Bonchev–Trinajstić information content (AvgIpc) is 3.43. The molecule has 0 radical (unpaired) electrons. The fourth-order valence-corrected chi connectivity index (χ4v) is 4.32. The van der Waals surface area contributed by atoms with Crippen molar-refractivity contribution in [2.75, 3.05) is 31.7 Å². The highest BCUT2D eigenvalue weighted by molar-refractivity contribution is 5.31. The van der Waals surface area contributed by atoms with Crippen molar-refractivity contribution in [3.63, 3.8) is 0 Å². The summed E-state index contributed by atoms with van der Waals surface area (Å²) < 4.78 is 13.1. The van der Waals surface area contributed by atoms with Crippen LogP contribution in [0, 0.1) is 12.8 Å². The summed E-state index contributed by atoms with van der Waals surface area (Å²) in [5.74, 6) is 4.65. The number of anilines is 1. The van der Waals surface area contributed by atoms with Crippen molar-refractivity contribution in [3.05, 3.63) is 17.5 Å². The van der Waals surface area contributed by atoms with E-state index in [1.54, 1.807) is 0 Å². The highest BCUT2D eigenvalue weighted by Crippen LogP contribution is 2.34. The number of rotatable bonds is 8. The Kier molecular flexibility index (Phi) is 5.71. The van der Waals surface area contributed by atoms with Gasteiger partial charge in [-0.3, -0.25) is 4.57 Å². The molecule has 3 heterocycles. The third-order valence-electron chi connectivity index (χ3n) is 5.72. The highest BCUT2D eigenvalue weighted by Gasteiger charge is 2.27. The standard InChI is InChI=1S/C19H30N6O2/c1-14-20-17(27-23-14)8-5-10-25-18(16-6-3-4-7-16)21-22-19(25)24(2)12-15-9-11-26-13-15/h15-16H,3-13H2,1-2H3. The monoisotopic (exact) mass is 374 g/mol. The summed E-state index contributed by atoms with van der Waals surface area (Å²) in [6.07, 6.45) is 7.88. The van der Waals surface area contributed by atoms with E-state index >= 15 is 0 Å². The minimum atomic E-state index is 0.542. The predicted molar refractivity (Wildman–Crippen MR) is 101 cm³/mol. The van der Waals surface area contributed by atoms with Gasteiger partial charge in [-0.1, -0.05) is 18.0 Å². The molecular formula is C19H30N6O2. The number of nitrogens with zero attached hydrogens (tertiary/aromatic N) is 6. The molecule has 8 heteroatoms. The van der Waals surface area contributed by atoms with E-state index in [1.165, 1.54) is 25.7 Å². The topological polar surface area (TPSA) is 82.1 Å². The molecule has 148 valence electrons. The molecule has 2 fully saturated rings. The lowest BCUT2D eigenvalue weighted by Crippen LogP contribution is -2.28. The molecule has 2 aliphatic rings. The first-order chi connectivity index (χ1) is 13.2. The van der Waals surface area contributed by atoms with Crippen LogP contribution in [-0.4, -0.2) is 51.7 Å². The first-order valence-electron chi connectivity index (χ1n) is 10.2. The Labute approximate surface area is 160 Å². The van der Waals surface area contributed by atoms with Crippen LogP contribution in [0.15, 0.2) is 4.52 Å². The summed E-state index contributed by atoms with van der Waals surface area (Å²) in [4.78, 5) is 6.56. The first kappa shape index (κ1) is 18.4. The second-order valence-corrected chi connectivity index (χ2v) is 7.94. The van der Waals surface area contributed by atoms with Gasteiger partial charge in [0, 0.05) is 45.0 Å². The van der Waals surface area contributed by atoms with Crippen molar-refractivity contribution in [2.45, 2.75) is 64.3 Å². The van der Waals surface area contributed by atoms with Gasteiger partial charge in [-0.15, -0.1) is 10.2 Å². The molecule has 2 aromatic rings. The highest BCUT2D eigenvalue weighted by atomic mass is 16.5. The van der Waals surface area contributed by atoms with Gasteiger partial charge < -0.3 is 14.2 Å². The van der Waals surface area contributed by atoms with Crippen LogP contribution in [0.4, 0.5) is 5.95 Å². The quantitative estimate of drug-likeness (QED) is 0.702. The Bertz CT molecular complexity index is 730. The Morgan fingerprint density at radius 1 is 1.19 bits per heavy atom. The van der Waals surface area contributed by atoms with Crippen LogP contribution in [0.2, 0.25) is 0 Å². The third kappa shape index (κ3) is 4.31. The largest absolute Gasteiger partial charge is 0.381 e. The molecule has 1 saturated heterocycles. The number of aryl methyl sites for hydroxylation is 2. The average molecular weight is 374 g/mol. The normalized spacial score (nSPS) is 20.6. The zero-order chi connectivity index (χ0) is 18.6. The molecule has 0 spiro atoms. The Hall–Kier alpha value is -1.96. The molecule has 0 aromatic carbocycles. The molecule has 1 atom stereocenters. The molecule has 0 bridgehead atoms. The van der Waals surface area contributed by atoms with Crippen LogP contribution in [0.5, 0.6) is 0 Å². The number of aromatic nitrogens is 5. The maximum Gasteiger partial charge on any atom is 0.226 e. The second kappa shape index (κ2) is 8.37. The van der Waals surface area contributed by atoms with E-state index in [0.717, 1.165) is 57.3 Å². The summed E-state index contributed by atoms with van der Waals surface area (Å²) in [5, 5.41) is 13.1. The van der Waals surface area contributed by atoms with Crippen molar-refractivity contribution in [2.24, 2.45) is 5.92 Å². The Balaban J connectivity index is 1.47. The lowest BCUT2D eigenvalue weighted by molar-refractivity contribution is 0.186. The van der Waals surface area contributed by atoms with E-state index in [4.69, 9.17) is 9.26 Å². The second-order valence-electron chi connectivity index (χ2n) is 7.94. The van der Waals surface area contributed by atoms with E-state index in [2.05, 4.69) is 36.9 Å². The molecule has 8 nitrogen and oxygen atoms in total. The minimum Gasteiger partial charge on any atom is -0.381 e. The van der Waals surface area contributed by atoms with Crippen LogP contribution in [0.3, 0.4) is 0 Å². The van der Waals surface area contributed by atoms with E-state index in [0.29, 0.717) is 23.6 Å². The molecule has 0 N–H and O–H groups in total. The van der Waals surface area contributed by atoms with Crippen molar-refractivity contribution in [1.29, 1.82) is 0 Å². The minimum absolute atomic E-state index is 0.542. The zero-order valence-electron chi connectivity index (χ0n) is 16.4. The van der Waals surface area contributed by atoms with Gasteiger partial charge in [-0.25, -0.2) is 0 Å². The lowest BCUT2D eigenvalue weighted by Gasteiger charge is -2.23. The van der Waals surface area contributed by atoms with Gasteiger partial charge in [-0.05, 0) is 32.6 Å². The molecule has 2 aromatic heterocycles. The lowest BCUT2D eigenvalue weighted by atomic mass is 10.1.